The summed E-state index contributed by atoms with van der Waals surface area (Å²) >= 11 is 0. The summed E-state index contributed by atoms with van der Waals surface area (Å²) in [5.41, 5.74) is 1.20. The molecule has 0 spiro atoms. The lowest BCUT2D eigenvalue weighted by Crippen LogP contribution is -2.15. The SMILES string of the molecule is CC(=O)c1cccc(NC(=O)CCn2cncn2)c1. The van der Waals surface area contributed by atoms with Gasteiger partial charge in [0.1, 0.15) is 12.7 Å². The highest BCUT2D eigenvalue weighted by Crippen LogP contribution is 2.11. The topological polar surface area (TPSA) is 76.9 Å². The molecular weight excluding hydrogens is 244 g/mol. The first kappa shape index (κ1) is 12.9. The highest BCUT2D eigenvalue weighted by atomic mass is 16.1. The lowest BCUT2D eigenvalue weighted by atomic mass is 10.1. The molecule has 0 aliphatic rings. The Morgan fingerprint density at radius 2 is 2.21 bits per heavy atom. The van der Waals surface area contributed by atoms with Crippen molar-refractivity contribution in [1.82, 2.24) is 14.8 Å². The number of hydrogen-bond acceptors (Lipinski definition) is 4. The van der Waals surface area contributed by atoms with E-state index >= 15 is 0 Å². The van der Waals surface area contributed by atoms with Gasteiger partial charge in [-0.15, -0.1) is 0 Å². The van der Waals surface area contributed by atoms with Gasteiger partial charge in [0.2, 0.25) is 5.91 Å². The fraction of sp³-hybridized carbons (Fsp3) is 0.231. The molecule has 19 heavy (non-hydrogen) atoms. The van der Waals surface area contributed by atoms with Crippen molar-refractivity contribution in [3.63, 3.8) is 0 Å². The maximum atomic E-state index is 11.7. The Balaban J connectivity index is 1.91. The van der Waals surface area contributed by atoms with E-state index in [-0.39, 0.29) is 11.7 Å². The van der Waals surface area contributed by atoms with Crippen LogP contribution in [-0.2, 0) is 11.3 Å². The van der Waals surface area contributed by atoms with Crippen LogP contribution in [0.3, 0.4) is 0 Å². The Hall–Kier alpha value is -2.50. The Bertz CT molecular complexity index is 578. The van der Waals surface area contributed by atoms with Gasteiger partial charge in [-0.1, -0.05) is 12.1 Å². The number of rotatable bonds is 5. The molecule has 0 atom stereocenters. The number of hydrogen-bond donors (Lipinski definition) is 1. The van der Waals surface area contributed by atoms with Gasteiger partial charge in [0.25, 0.3) is 0 Å². The fourth-order valence-corrected chi connectivity index (χ4v) is 1.60. The van der Waals surface area contributed by atoms with Crippen molar-refractivity contribution in [3.05, 3.63) is 42.5 Å². The summed E-state index contributed by atoms with van der Waals surface area (Å²) in [6, 6.07) is 6.87. The summed E-state index contributed by atoms with van der Waals surface area (Å²) in [4.78, 5) is 26.8. The third-order valence-electron chi connectivity index (χ3n) is 2.59. The summed E-state index contributed by atoms with van der Waals surface area (Å²) in [7, 11) is 0. The average Bonchev–Trinajstić information content (AvgIpc) is 2.90. The lowest BCUT2D eigenvalue weighted by molar-refractivity contribution is -0.116. The van der Waals surface area contributed by atoms with Crippen molar-refractivity contribution in [2.24, 2.45) is 0 Å². The largest absolute Gasteiger partial charge is 0.326 e. The number of aryl methyl sites for hydroxylation is 1. The number of nitrogens with one attached hydrogen (secondary N) is 1. The number of amides is 1. The molecule has 98 valence electrons. The van der Waals surface area contributed by atoms with Crippen molar-refractivity contribution in [2.75, 3.05) is 5.32 Å². The highest BCUT2D eigenvalue weighted by Gasteiger charge is 2.05. The Morgan fingerprint density at radius 3 is 2.89 bits per heavy atom. The van der Waals surface area contributed by atoms with Crippen LogP contribution < -0.4 is 5.32 Å². The number of nitrogens with zero attached hydrogens (tertiary/aromatic N) is 3. The molecule has 0 aliphatic heterocycles. The highest BCUT2D eigenvalue weighted by molar-refractivity contribution is 5.97. The van der Waals surface area contributed by atoms with Crippen molar-refractivity contribution >= 4 is 17.4 Å². The third-order valence-corrected chi connectivity index (χ3v) is 2.59. The van der Waals surface area contributed by atoms with Crippen LogP contribution in [0.15, 0.2) is 36.9 Å². The number of benzene rings is 1. The van der Waals surface area contributed by atoms with E-state index in [9.17, 15) is 9.59 Å². The predicted octanol–water partition coefficient (Wildman–Crippen LogP) is 1.51. The molecule has 1 heterocycles. The first-order valence-corrected chi connectivity index (χ1v) is 5.88. The molecule has 1 N–H and O–H groups in total. The summed E-state index contributed by atoms with van der Waals surface area (Å²) < 4.78 is 1.59. The van der Waals surface area contributed by atoms with Gasteiger partial charge >= 0.3 is 0 Å². The first-order chi connectivity index (χ1) is 9.15. The predicted molar refractivity (Wildman–Crippen MR) is 69.7 cm³/mol. The van der Waals surface area contributed by atoms with E-state index in [0.29, 0.717) is 24.2 Å². The van der Waals surface area contributed by atoms with Crippen LogP contribution in [0.5, 0.6) is 0 Å². The molecule has 0 saturated heterocycles. The van der Waals surface area contributed by atoms with Crippen LogP contribution >= 0.6 is 0 Å². The molecule has 0 aliphatic carbocycles. The first-order valence-electron chi connectivity index (χ1n) is 5.88. The minimum absolute atomic E-state index is 0.0290. The molecule has 0 bridgehead atoms. The number of ketones is 1. The number of carbonyl (C=O) groups is 2. The van der Waals surface area contributed by atoms with Gasteiger partial charge in [-0.25, -0.2) is 4.98 Å². The molecule has 1 aromatic heterocycles. The van der Waals surface area contributed by atoms with Gasteiger partial charge in [-0.05, 0) is 19.1 Å². The second-order valence-corrected chi connectivity index (χ2v) is 4.09. The van der Waals surface area contributed by atoms with Gasteiger partial charge in [-0.2, -0.15) is 5.10 Å². The van der Waals surface area contributed by atoms with Crippen LogP contribution in [0.25, 0.3) is 0 Å². The van der Waals surface area contributed by atoms with Crippen LogP contribution in [-0.4, -0.2) is 26.5 Å². The van der Waals surface area contributed by atoms with E-state index < -0.39 is 0 Å². The zero-order valence-electron chi connectivity index (χ0n) is 10.5. The standard InChI is InChI=1S/C13H14N4O2/c1-10(18)11-3-2-4-12(7-11)16-13(19)5-6-17-9-14-8-15-17/h2-4,7-9H,5-6H2,1H3,(H,16,19). The minimum Gasteiger partial charge on any atom is -0.326 e. The Kier molecular flexibility index (Phi) is 4.02. The summed E-state index contributed by atoms with van der Waals surface area (Å²) in [6.07, 6.45) is 3.28. The number of anilines is 1. The van der Waals surface area contributed by atoms with Gasteiger partial charge in [0, 0.05) is 17.7 Å². The van der Waals surface area contributed by atoms with Crippen LogP contribution in [0, 0.1) is 0 Å². The second-order valence-electron chi connectivity index (χ2n) is 4.09. The zero-order valence-corrected chi connectivity index (χ0v) is 10.5. The minimum atomic E-state index is -0.129. The maximum Gasteiger partial charge on any atom is 0.226 e. The van der Waals surface area contributed by atoms with E-state index in [2.05, 4.69) is 15.4 Å². The van der Waals surface area contributed by atoms with Crippen LogP contribution in [0.4, 0.5) is 5.69 Å². The Labute approximate surface area is 110 Å². The van der Waals surface area contributed by atoms with Crippen LogP contribution in [0.2, 0.25) is 0 Å². The maximum absolute atomic E-state index is 11.7. The number of Topliss-reactive ketones (excluding diaryl/α,β-unsaturated/α-hetero) is 1. The molecule has 0 saturated carbocycles. The fourth-order valence-electron chi connectivity index (χ4n) is 1.60. The third kappa shape index (κ3) is 3.74. The molecule has 1 amide bonds. The van der Waals surface area contributed by atoms with Crippen molar-refractivity contribution in [1.29, 1.82) is 0 Å². The zero-order chi connectivity index (χ0) is 13.7. The summed E-state index contributed by atoms with van der Waals surface area (Å²) in [6.45, 7) is 1.96. The Morgan fingerprint density at radius 1 is 1.37 bits per heavy atom. The monoisotopic (exact) mass is 258 g/mol. The van der Waals surface area contributed by atoms with E-state index in [1.165, 1.54) is 13.3 Å². The molecule has 1 aromatic carbocycles. The van der Waals surface area contributed by atoms with Crippen LogP contribution in [0.1, 0.15) is 23.7 Å². The van der Waals surface area contributed by atoms with Crippen molar-refractivity contribution in [3.8, 4) is 0 Å². The molecule has 2 aromatic rings. The molecule has 0 fully saturated rings. The van der Waals surface area contributed by atoms with Gasteiger partial charge in [0.15, 0.2) is 5.78 Å². The lowest BCUT2D eigenvalue weighted by Gasteiger charge is -2.06. The van der Waals surface area contributed by atoms with Crippen molar-refractivity contribution < 1.29 is 9.59 Å². The molecule has 6 heteroatoms. The van der Waals surface area contributed by atoms with E-state index in [0.717, 1.165) is 0 Å². The van der Waals surface area contributed by atoms with E-state index in [1.807, 2.05) is 0 Å². The van der Waals surface area contributed by atoms with Gasteiger partial charge < -0.3 is 5.32 Å². The van der Waals surface area contributed by atoms with Crippen molar-refractivity contribution in [2.45, 2.75) is 19.9 Å². The quantitative estimate of drug-likeness (QED) is 0.825. The molecule has 0 radical (unpaired) electrons. The van der Waals surface area contributed by atoms with Gasteiger partial charge in [0.05, 0.1) is 6.54 Å². The van der Waals surface area contributed by atoms with Gasteiger partial charge in [-0.3, -0.25) is 14.3 Å². The molecular formula is C13H14N4O2. The molecule has 0 unspecified atom stereocenters. The molecule has 2 rings (SSSR count). The summed E-state index contributed by atoms with van der Waals surface area (Å²) in [5, 5.41) is 6.66. The normalized spacial score (nSPS) is 10.2. The molecule has 6 nitrogen and oxygen atoms in total. The van der Waals surface area contributed by atoms with E-state index in [1.54, 1.807) is 35.3 Å². The summed E-state index contributed by atoms with van der Waals surface area (Å²) in [5.74, 6) is -0.157. The smallest absolute Gasteiger partial charge is 0.226 e. The number of aromatic nitrogens is 3. The average molecular weight is 258 g/mol. The van der Waals surface area contributed by atoms with E-state index in [4.69, 9.17) is 0 Å². The second kappa shape index (κ2) is 5.90. The number of carbonyl (C=O) groups excluding carboxylic acids is 2.